The quantitative estimate of drug-likeness (QED) is 0.255. The van der Waals surface area contributed by atoms with Crippen molar-refractivity contribution in [2.45, 2.75) is 32.4 Å². The summed E-state index contributed by atoms with van der Waals surface area (Å²) >= 11 is 1.00. The number of halogens is 4. The Morgan fingerprint density at radius 1 is 1.17 bits per heavy atom. The summed E-state index contributed by atoms with van der Waals surface area (Å²) in [5, 5.41) is 7.65. The zero-order valence-corrected chi connectivity index (χ0v) is 16.9. The van der Waals surface area contributed by atoms with Crippen LogP contribution in [0.1, 0.15) is 30.5 Å². The fourth-order valence-electron chi connectivity index (χ4n) is 2.31. The van der Waals surface area contributed by atoms with Gasteiger partial charge in [0, 0.05) is 31.4 Å². The molecule has 0 unspecified atom stereocenters. The van der Waals surface area contributed by atoms with Gasteiger partial charge in [-0.2, -0.15) is 13.2 Å². The third-order valence-electron chi connectivity index (χ3n) is 3.72. The summed E-state index contributed by atoms with van der Waals surface area (Å²) in [6.07, 6.45) is -2.42. The van der Waals surface area contributed by atoms with Crippen molar-refractivity contribution in [1.29, 1.82) is 0 Å². The molecule has 160 valence electrons. The highest BCUT2D eigenvalue weighted by Crippen LogP contribution is 2.29. The second kappa shape index (κ2) is 11.6. The van der Waals surface area contributed by atoms with Gasteiger partial charge in [-0.3, -0.25) is 4.99 Å². The Kier molecular flexibility index (Phi) is 9.17. The van der Waals surface area contributed by atoms with Crippen molar-refractivity contribution in [2.75, 3.05) is 26.2 Å². The molecule has 0 fully saturated rings. The van der Waals surface area contributed by atoms with Crippen LogP contribution in [-0.4, -0.2) is 37.2 Å². The number of hydrogen-bond donors (Lipinski definition) is 2. The van der Waals surface area contributed by atoms with E-state index < -0.39 is 11.9 Å². The predicted octanol–water partition coefficient (Wildman–Crippen LogP) is 4.26. The number of aromatic nitrogens is 1. The van der Waals surface area contributed by atoms with Crippen molar-refractivity contribution < 1.29 is 22.3 Å². The molecule has 5 nitrogen and oxygen atoms in total. The van der Waals surface area contributed by atoms with Crippen LogP contribution in [0.2, 0.25) is 0 Å². The number of thiazole rings is 1. The number of alkyl halides is 3. The Morgan fingerprint density at radius 3 is 2.59 bits per heavy atom. The summed E-state index contributed by atoms with van der Waals surface area (Å²) in [5.41, 5.74) is -0.846. The maximum Gasteiger partial charge on any atom is 0.434 e. The fraction of sp³-hybridized carbons (Fsp3) is 0.474. The highest BCUT2D eigenvalue weighted by molar-refractivity contribution is 7.09. The van der Waals surface area contributed by atoms with Crippen LogP contribution in [0.5, 0.6) is 5.75 Å². The van der Waals surface area contributed by atoms with E-state index in [1.807, 2.05) is 6.92 Å². The molecule has 1 aromatic heterocycles. The van der Waals surface area contributed by atoms with E-state index >= 15 is 0 Å². The summed E-state index contributed by atoms with van der Waals surface area (Å²) in [4.78, 5) is 8.05. The Morgan fingerprint density at radius 2 is 1.93 bits per heavy atom. The molecular weight excluding hydrogens is 408 g/mol. The standard InChI is InChI=1S/C19H24F4N4OS/c1-2-24-18(26-11-9-17-27-16(13-29-17)19(21,22)23)25-10-3-4-12-28-15-7-5-14(20)6-8-15/h5-8,13H,2-4,9-12H2,1H3,(H2,24,25,26). The first-order chi connectivity index (χ1) is 13.9. The van der Waals surface area contributed by atoms with Gasteiger partial charge in [0.05, 0.1) is 11.6 Å². The normalized spacial score (nSPS) is 12.1. The van der Waals surface area contributed by atoms with Crippen molar-refractivity contribution in [2.24, 2.45) is 4.99 Å². The third kappa shape index (κ3) is 8.68. The molecule has 0 spiro atoms. The zero-order valence-electron chi connectivity index (χ0n) is 16.1. The number of ether oxygens (including phenoxy) is 1. The molecule has 2 rings (SSSR count). The van der Waals surface area contributed by atoms with E-state index in [4.69, 9.17) is 4.74 Å². The van der Waals surface area contributed by atoms with Gasteiger partial charge in [-0.1, -0.05) is 0 Å². The zero-order chi connectivity index (χ0) is 21.1. The monoisotopic (exact) mass is 432 g/mol. The first-order valence-corrected chi connectivity index (χ1v) is 10.2. The Hall–Kier alpha value is -2.36. The molecule has 29 heavy (non-hydrogen) atoms. The van der Waals surface area contributed by atoms with Gasteiger partial charge in [-0.15, -0.1) is 11.3 Å². The van der Waals surface area contributed by atoms with E-state index in [-0.39, 0.29) is 5.82 Å². The van der Waals surface area contributed by atoms with E-state index in [2.05, 4.69) is 20.6 Å². The summed E-state index contributed by atoms with van der Waals surface area (Å²) in [7, 11) is 0. The van der Waals surface area contributed by atoms with Crippen LogP contribution in [0.25, 0.3) is 0 Å². The second-order valence-electron chi connectivity index (χ2n) is 6.07. The van der Waals surface area contributed by atoms with Crippen molar-refractivity contribution >= 4 is 17.3 Å². The number of guanidine groups is 1. The number of aliphatic imine (C=N–C) groups is 1. The van der Waals surface area contributed by atoms with Crippen LogP contribution in [0.4, 0.5) is 17.6 Å². The maximum absolute atomic E-state index is 12.8. The molecule has 0 amide bonds. The van der Waals surface area contributed by atoms with Gasteiger partial charge in [-0.05, 0) is 44.0 Å². The van der Waals surface area contributed by atoms with Crippen LogP contribution < -0.4 is 15.4 Å². The largest absolute Gasteiger partial charge is 0.494 e. The summed E-state index contributed by atoms with van der Waals surface area (Å²) in [6.45, 7) is 4.14. The van der Waals surface area contributed by atoms with Crippen molar-refractivity contribution in [3.05, 3.63) is 46.2 Å². The molecule has 1 heterocycles. The SMILES string of the molecule is CCNC(=NCCCCOc1ccc(F)cc1)NCCc1nc(C(F)(F)F)cs1. The van der Waals surface area contributed by atoms with Crippen molar-refractivity contribution in [3.63, 3.8) is 0 Å². The van der Waals surface area contributed by atoms with Gasteiger partial charge in [0.25, 0.3) is 0 Å². The van der Waals surface area contributed by atoms with Gasteiger partial charge in [0.1, 0.15) is 11.6 Å². The van der Waals surface area contributed by atoms with Crippen molar-refractivity contribution in [1.82, 2.24) is 15.6 Å². The lowest BCUT2D eigenvalue weighted by molar-refractivity contribution is -0.140. The molecule has 0 aliphatic rings. The first kappa shape index (κ1) is 22.9. The van der Waals surface area contributed by atoms with Crippen LogP contribution in [0.3, 0.4) is 0 Å². The molecule has 0 saturated carbocycles. The minimum absolute atomic E-state index is 0.300. The maximum atomic E-state index is 12.8. The van der Waals surface area contributed by atoms with E-state index in [9.17, 15) is 17.6 Å². The molecule has 0 aliphatic carbocycles. The molecule has 0 bridgehead atoms. The predicted molar refractivity (Wildman–Crippen MR) is 106 cm³/mol. The van der Waals surface area contributed by atoms with E-state index in [1.54, 1.807) is 12.1 Å². The van der Waals surface area contributed by atoms with Gasteiger partial charge in [0.15, 0.2) is 11.7 Å². The lowest BCUT2D eigenvalue weighted by atomic mass is 10.3. The molecule has 2 aromatic rings. The van der Waals surface area contributed by atoms with Gasteiger partial charge < -0.3 is 15.4 Å². The summed E-state index contributed by atoms with van der Waals surface area (Å²) < 4.78 is 56.0. The minimum Gasteiger partial charge on any atom is -0.494 e. The molecule has 2 N–H and O–H groups in total. The number of nitrogens with one attached hydrogen (secondary N) is 2. The third-order valence-corrected chi connectivity index (χ3v) is 4.63. The summed E-state index contributed by atoms with van der Waals surface area (Å²) in [6, 6.07) is 5.87. The highest BCUT2D eigenvalue weighted by Gasteiger charge is 2.33. The number of benzene rings is 1. The van der Waals surface area contributed by atoms with E-state index in [0.29, 0.717) is 49.4 Å². The molecule has 0 aliphatic heterocycles. The lowest BCUT2D eigenvalue weighted by Crippen LogP contribution is -2.38. The second-order valence-corrected chi connectivity index (χ2v) is 7.01. The fourth-order valence-corrected chi connectivity index (χ4v) is 3.12. The molecule has 0 radical (unpaired) electrons. The first-order valence-electron chi connectivity index (χ1n) is 9.30. The number of unbranched alkanes of at least 4 members (excludes halogenated alkanes) is 1. The molecule has 0 atom stereocenters. The van der Waals surface area contributed by atoms with E-state index in [0.717, 1.165) is 29.6 Å². The van der Waals surface area contributed by atoms with Crippen LogP contribution in [0.15, 0.2) is 34.6 Å². The Bertz CT molecular complexity index is 762. The lowest BCUT2D eigenvalue weighted by Gasteiger charge is -2.10. The van der Waals surface area contributed by atoms with Gasteiger partial charge in [0.2, 0.25) is 0 Å². The van der Waals surface area contributed by atoms with Crippen LogP contribution in [0, 0.1) is 5.82 Å². The molecule has 10 heteroatoms. The Balaban J connectivity index is 1.66. The molecular formula is C19H24F4N4OS. The average Bonchev–Trinajstić information content (AvgIpc) is 3.15. The molecule has 0 saturated heterocycles. The van der Waals surface area contributed by atoms with Gasteiger partial charge in [-0.25, -0.2) is 9.37 Å². The number of nitrogens with zero attached hydrogens (tertiary/aromatic N) is 2. The average molecular weight is 432 g/mol. The van der Waals surface area contributed by atoms with E-state index in [1.165, 1.54) is 12.1 Å². The van der Waals surface area contributed by atoms with Crippen LogP contribution in [-0.2, 0) is 12.6 Å². The van der Waals surface area contributed by atoms with Crippen molar-refractivity contribution in [3.8, 4) is 5.75 Å². The highest BCUT2D eigenvalue weighted by atomic mass is 32.1. The smallest absolute Gasteiger partial charge is 0.434 e. The summed E-state index contributed by atoms with van der Waals surface area (Å²) in [5.74, 6) is 0.936. The number of rotatable bonds is 10. The Labute approximate surface area is 171 Å². The van der Waals surface area contributed by atoms with Gasteiger partial charge >= 0.3 is 6.18 Å². The minimum atomic E-state index is -4.40. The topological polar surface area (TPSA) is 58.5 Å². The van der Waals surface area contributed by atoms with Crippen LogP contribution >= 0.6 is 11.3 Å². The molecule has 1 aromatic carbocycles. The number of hydrogen-bond acceptors (Lipinski definition) is 4.